The lowest BCUT2D eigenvalue weighted by Crippen LogP contribution is -2.54. The second kappa shape index (κ2) is 8.45. The molecular weight excluding hydrogens is 450 g/mol. The quantitative estimate of drug-likeness (QED) is 0.574. The SMILES string of the molecule is CN(C)[C@]1(c2ccccc2)CC[C@]2(CC1)CN(c1ccc(-c3cccc4c3CC(=O)N4)cn1)C(=O)N2. The number of rotatable bonds is 4. The third-order valence-electron chi connectivity index (χ3n) is 8.40. The Kier molecular flexibility index (Phi) is 5.34. The maximum Gasteiger partial charge on any atom is 0.323 e. The Labute approximate surface area is 211 Å². The fraction of sp³-hybridized carbons (Fsp3) is 0.345. The first kappa shape index (κ1) is 22.7. The van der Waals surface area contributed by atoms with Crippen molar-refractivity contribution in [3.8, 4) is 11.1 Å². The van der Waals surface area contributed by atoms with E-state index in [9.17, 15) is 9.59 Å². The molecule has 2 aromatic carbocycles. The Bertz CT molecular complexity index is 1310. The van der Waals surface area contributed by atoms with Gasteiger partial charge >= 0.3 is 6.03 Å². The van der Waals surface area contributed by atoms with Gasteiger partial charge in [-0.15, -0.1) is 0 Å². The van der Waals surface area contributed by atoms with Crippen molar-refractivity contribution in [1.82, 2.24) is 15.2 Å². The highest BCUT2D eigenvalue weighted by Crippen LogP contribution is 2.46. The normalized spacial score (nSPS) is 25.2. The Morgan fingerprint density at radius 3 is 2.39 bits per heavy atom. The molecule has 0 unspecified atom stereocenters. The zero-order valence-electron chi connectivity index (χ0n) is 20.8. The van der Waals surface area contributed by atoms with Crippen molar-refractivity contribution in [2.45, 2.75) is 43.2 Å². The number of carbonyl (C=O) groups is 2. The molecule has 2 N–H and O–H groups in total. The van der Waals surface area contributed by atoms with Gasteiger partial charge in [0.2, 0.25) is 5.91 Å². The van der Waals surface area contributed by atoms with Gasteiger partial charge in [-0.2, -0.15) is 0 Å². The van der Waals surface area contributed by atoms with Crippen molar-refractivity contribution >= 4 is 23.4 Å². The Morgan fingerprint density at radius 1 is 0.917 bits per heavy atom. The minimum Gasteiger partial charge on any atom is -0.330 e. The summed E-state index contributed by atoms with van der Waals surface area (Å²) in [6.07, 6.45) is 5.98. The molecule has 3 heterocycles. The molecule has 3 aromatic rings. The molecule has 3 amide bonds. The topological polar surface area (TPSA) is 77.6 Å². The number of benzene rings is 2. The van der Waals surface area contributed by atoms with Crippen LogP contribution in [0.4, 0.5) is 16.3 Å². The van der Waals surface area contributed by atoms with E-state index in [-0.39, 0.29) is 23.0 Å². The number of nitrogens with zero attached hydrogens (tertiary/aromatic N) is 3. The number of hydrogen-bond acceptors (Lipinski definition) is 4. The summed E-state index contributed by atoms with van der Waals surface area (Å²) in [5.74, 6) is 0.668. The number of aromatic nitrogens is 1. The lowest BCUT2D eigenvalue weighted by atomic mass is 9.69. The van der Waals surface area contributed by atoms with E-state index < -0.39 is 0 Å². The molecule has 1 saturated carbocycles. The first-order chi connectivity index (χ1) is 17.4. The molecule has 36 heavy (non-hydrogen) atoms. The number of pyridine rings is 1. The van der Waals surface area contributed by atoms with Crippen molar-refractivity contribution in [2.75, 3.05) is 30.9 Å². The van der Waals surface area contributed by atoms with Crippen LogP contribution in [0.1, 0.15) is 36.8 Å². The number of nitrogens with one attached hydrogen (secondary N) is 2. The average Bonchev–Trinajstić information content (AvgIpc) is 3.43. The minimum absolute atomic E-state index is 0.0131. The van der Waals surface area contributed by atoms with Gasteiger partial charge in [0.1, 0.15) is 5.82 Å². The molecule has 2 fully saturated rings. The summed E-state index contributed by atoms with van der Waals surface area (Å²) in [4.78, 5) is 33.7. The van der Waals surface area contributed by atoms with Crippen LogP contribution >= 0.6 is 0 Å². The number of hydrogen-bond donors (Lipinski definition) is 2. The lowest BCUT2D eigenvalue weighted by Gasteiger charge is -2.48. The van der Waals surface area contributed by atoms with Gasteiger partial charge in [-0.3, -0.25) is 14.6 Å². The minimum atomic E-state index is -0.238. The zero-order valence-corrected chi connectivity index (χ0v) is 20.8. The molecule has 1 aliphatic carbocycles. The molecule has 3 aliphatic rings. The van der Waals surface area contributed by atoms with Gasteiger partial charge in [-0.25, -0.2) is 9.78 Å². The highest BCUT2D eigenvalue weighted by molar-refractivity contribution is 6.02. The van der Waals surface area contributed by atoms with E-state index in [2.05, 4.69) is 64.9 Å². The second-order valence-corrected chi connectivity index (χ2v) is 10.6. The van der Waals surface area contributed by atoms with E-state index >= 15 is 0 Å². The van der Waals surface area contributed by atoms with E-state index in [4.69, 9.17) is 0 Å². The highest BCUT2D eigenvalue weighted by atomic mass is 16.2. The van der Waals surface area contributed by atoms with Gasteiger partial charge in [-0.05, 0) is 74.7 Å². The Hall–Kier alpha value is -3.71. The van der Waals surface area contributed by atoms with Crippen LogP contribution in [-0.2, 0) is 16.8 Å². The first-order valence-electron chi connectivity index (χ1n) is 12.6. The summed E-state index contributed by atoms with van der Waals surface area (Å²) in [5.41, 5.74) is 4.89. The van der Waals surface area contributed by atoms with Gasteiger partial charge in [0, 0.05) is 23.0 Å². The van der Waals surface area contributed by atoms with Gasteiger partial charge < -0.3 is 10.6 Å². The van der Waals surface area contributed by atoms with Crippen molar-refractivity contribution in [1.29, 1.82) is 0 Å². The summed E-state index contributed by atoms with van der Waals surface area (Å²) in [6.45, 7) is 0.621. The summed E-state index contributed by atoms with van der Waals surface area (Å²) in [6, 6.07) is 20.4. The molecule has 6 rings (SSSR count). The maximum atomic E-state index is 13.1. The van der Waals surface area contributed by atoms with Crippen LogP contribution in [0.3, 0.4) is 0 Å². The van der Waals surface area contributed by atoms with Crippen LogP contribution in [0, 0.1) is 0 Å². The molecule has 0 atom stereocenters. The predicted octanol–water partition coefficient (Wildman–Crippen LogP) is 4.54. The number of anilines is 2. The van der Waals surface area contributed by atoms with E-state index in [1.165, 1.54) is 5.56 Å². The second-order valence-electron chi connectivity index (χ2n) is 10.6. The van der Waals surface area contributed by atoms with Crippen molar-refractivity contribution in [3.63, 3.8) is 0 Å². The van der Waals surface area contributed by atoms with E-state index in [1.807, 2.05) is 30.3 Å². The summed E-state index contributed by atoms with van der Waals surface area (Å²) in [5, 5.41) is 6.22. The number of amides is 3. The molecule has 0 radical (unpaired) electrons. The van der Waals surface area contributed by atoms with Gasteiger partial charge in [0.25, 0.3) is 0 Å². The maximum absolute atomic E-state index is 13.1. The summed E-state index contributed by atoms with van der Waals surface area (Å²) >= 11 is 0. The van der Waals surface area contributed by atoms with Crippen LogP contribution < -0.4 is 15.5 Å². The van der Waals surface area contributed by atoms with Crippen LogP contribution in [0.5, 0.6) is 0 Å². The third kappa shape index (κ3) is 3.66. The molecule has 1 spiro atoms. The standard InChI is InChI=1S/C29H31N5O2/c1-33(2)29(21-7-4-3-5-8-21)15-13-28(14-16-29)19-34(27(36)32-28)25-12-11-20(18-30-25)22-9-6-10-24-23(22)17-26(35)31-24/h3-12,18H,13-17,19H2,1-2H3,(H,31,35)(H,32,36)/t28-,29+. The average molecular weight is 482 g/mol. The number of carbonyl (C=O) groups excluding carboxylic acids is 2. The van der Waals surface area contributed by atoms with Gasteiger partial charge in [0.15, 0.2) is 0 Å². The van der Waals surface area contributed by atoms with Crippen LogP contribution in [-0.4, -0.2) is 48.0 Å². The van der Waals surface area contributed by atoms with Crippen molar-refractivity contribution in [2.24, 2.45) is 0 Å². The zero-order chi connectivity index (χ0) is 24.9. The molecule has 1 aromatic heterocycles. The predicted molar refractivity (Wildman–Crippen MR) is 141 cm³/mol. The Morgan fingerprint density at radius 2 is 1.69 bits per heavy atom. The third-order valence-corrected chi connectivity index (χ3v) is 8.40. The first-order valence-corrected chi connectivity index (χ1v) is 12.6. The van der Waals surface area contributed by atoms with Crippen LogP contribution in [0.2, 0.25) is 0 Å². The fourth-order valence-corrected chi connectivity index (χ4v) is 6.29. The van der Waals surface area contributed by atoms with Crippen molar-refractivity contribution in [3.05, 3.63) is 78.0 Å². The van der Waals surface area contributed by atoms with Crippen LogP contribution in [0.25, 0.3) is 11.1 Å². The number of urea groups is 1. The largest absolute Gasteiger partial charge is 0.330 e. The van der Waals surface area contributed by atoms with E-state index in [0.717, 1.165) is 48.1 Å². The lowest BCUT2D eigenvalue weighted by molar-refractivity contribution is -0.115. The molecule has 0 bridgehead atoms. The van der Waals surface area contributed by atoms with E-state index in [1.54, 1.807) is 11.1 Å². The molecule has 2 aliphatic heterocycles. The molecule has 7 nitrogen and oxygen atoms in total. The summed E-state index contributed by atoms with van der Waals surface area (Å²) in [7, 11) is 4.31. The molecule has 184 valence electrons. The van der Waals surface area contributed by atoms with Crippen LogP contribution in [0.15, 0.2) is 66.9 Å². The molecular formula is C29H31N5O2. The molecule has 7 heteroatoms. The van der Waals surface area contributed by atoms with E-state index in [0.29, 0.717) is 18.8 Å². The highest BCUT2D eigenvalue weighted by Gasteiger charge is 2.50. The van der Waals surface area contributed by atoms with Crippen molar-refractivity contribution < 1.29 is 9.59 Å². The van der Waals surface area contributed by atoms with Gasteiger partial charge in [-0.1, -0.05) is 42.5 Å². The Balaban J connectivity index is 1.20. The fourth-order valence-electron chi connectivity index (χ4n) is 6.29. The summed E-state index contributed by atoms with van der Waals surface area (Å²) < 4.78 is 0. The number of fused-ring (bicyclic) bond motifs is 1. The smallest absolute Gasteiger partial charge is 0.323 e. The van der Waals surface area contributed by atoms with Gasteiger partial charge in [0.05, 0.1) is 18.5 Å². The molecule has 1 saturated heterocycles. The monoisotopic (exact) mass is 481 g/mol.